The maximum absolute atomic E-state index is 10.6. The molecule has 1 amide bonds. The largest absolute Gasteiger partial charge is 0.450 e. The highest BCUT2D eigenvalue weighted by atomic mass is 16.5. The van der Waals surface area contributed by atoms with Crippen LogP contribution in [-0.2, 0) is 4.74 Å². The first-order chi connectivity index (χ1) is 5.81. The van der Waals surface area contributed by atoms with E-state index < -0.39 is 0 Å². The summed E-state index contributed by atoms with van der Waals surface area (Å²) < 4.78 is 4.82. The Balaban J connectivity index is 2.95. The fraction of sp³-hybridized carbons (Fsp3) is 0.889. The van der Waals surface area contributed by atoms with Crippen LogP contribution >= 0.6 is 0 Å². The summed E-state index contributed by atoms with van der Waals surface area (Å²) in [5, 5.41) is 2.41. The third kappa shape index (κ3) is 7.38. The van der Waals surface area contributed by atoms with Crippen molar-refractivity contribution >= 4 is 6.09 Å². The minimum Gasteiger partial charge on any atom is -0.450 e. The number of hydrogen-bond donors (Lipinski definition) is 1. The van der Waals surface area contributed by atoms with Gasteiger partial charge in [-0.15, -0.1) is 0 Å². The monoisotopic (exact) mass is 173 g/mol. The molecule has 3 nitrogen and oxygen atoms in total. The molecule has 0 radical (unpaired) electrons. The molecule has 0 fully saturated rings. The molecule has 3 heteroatoms. The van der Waals surface area contributed by atoms with E-state index >= 15 is 0 Å². The molecular weight excluding hydrogens is 154 g/mol. The number of hydrogen-bond acceptors (Lipinski definition) is 2. The molecule has 0 aromatic heterocycles. The van der Waals surface area contributed by atoms with Crippen molar-refractivity contribution in [2.75, 3.05) is 13.7 Å². The van der Waals surface area contributed by atoms with Gasteiger partial charge in [-0.1, -0.05) is 32.6 Å². The zero-order chi connectivity index (χ0) is 9.23. The fourth-order valence-electron chi connectivity index (χ4n) is 0.943. The van der Waals surface area contributed by atoms with E-state index in [2.05, 4.69) is 12.2 Å². The van der Waals surface area contributed by atoms with Crippen molar-refractivity contribution in [1.29, 1.82) is 0 Å². The Bertz CT molecular complexity index is 115. The number of alkyl carbamates (subject to hydrolysis) is 1. The second-order valence-electron chi connectivity index (χ2n) is 2.80. The molecule has 0 saturated carbocycles. The van der Waals surface area contributed by atoms with Crippen LogP contribution in [0, 0.1) is 0 Å². The van der Waals surface area contributed by atoms with Gasteiger partial charge in [-0.05, 0) is 6.42 Å². The van der Waals surface area contributed by atoms with Crippen LogP contribution in [-0.4, -0.2) is 19.7 Å². The maximum atomic E-state index is 10.6. The number of nitrogens with one attached hydrogen (secondary N) is 1. The second-order valence-corrected chi connectivity index (χ2v) is 2.80. The van der Waals surface area contributed by atoms with Crippen molar-refractivity contribution in [3.05, 3.63) is 0 Å². The summed E-state index contributed by atoms with van der Waals surface area (Å²) >= 11 is 0. The van der Waals surface area contributed by atoms with Gasteiger partial charge in [-0.25, -0.2) is 4.79 Å². The molecule has 72 valence electrons. The number of rotatable bonds is 6. The zero-order valence-electron chi connectivity index (χ0n) is 8.06. The Morgan fingerprint density at radius 1 is 1.25 bits per heavy atom. The Morgan fingerprint density at radius 2 is 1.92 bits per heavy atom. The smallest absolute Gasteiger partial charge is 0.406 e. The van der Waals surface area contributed by atoms with Crippen molar-refractivity contribution in [2.45, 2.75) is 39.0 Å². The van der Waals surface area contributed by atoms with Gasteiger partial charge in [0.25, 0.3) is 0 Å². The van der Waals surface area contributed by atoms with E-state index in [1.807, 2.05) is 0 Å². The highest BCUT2D eigenvalue weighted by molar-refractivity contribution is 5.66. The van der Waals surface area contributed by atoms with E-state index in [4.69, 9.17) is 4.74 Å². The number of ether oxygens (including phenoxy) is 1. The molecule has 0 aliphatic heterocycles. The van der Waals surface area contributed by atoms with Crippen molar-refractivity contribution in [3.63, 3.8) is 0 Å². The van der Waals surface area contributed by atoms with Gasteiger partial charge in [0.2, 0.25) is 0 Å². The summed E-state index contributed by atoms with van der Waals surface area (Å²) in [5.74, 6) is 0. The lowest BCUT2D eigenvalue weighted by Crippen LogP contribution is -2.19. The average molecular weight is 173 g/mol. The zero-order valence-corrected chi connectivity index (χ0v) is 8.06. The molecule has 0 aromatic carbocycles. The summed E-state index contributed by atoms with van der Waals surface area (Å²) in [4.78, 5) is 10.6. The summed E-state index contributed by atoms with van der Waals surface area (Å²) in [6, 6.07) is 0. The quantitative estimate of drug-likeness (QED) is 0.626. The molecule has 0 bridgehead atoms. The molecule has 0 aromatic rings. The Morgan fingerprint density at radius 3 is 2.50 bits per heavy atom. The molecule has 0 heterocycles. The van der Waals surface area contributed by atoms with E-state index in [9.17, 15) is 4.79 Å². The van der Waals surface area contributed by atoms with Crippen LogP contribution in [0.5, 0.6) is 0 Å². The molecular formula is C9H19NO2. The maximum Gasteiger partial charge on any atom is 0.406 e. The fourth-order valence-corrected chi connectivity index (χ4v) is 0.943. The summed E-state index contributed by atoms with van der Waals surface area (Å²) in [6.45, 7) is 2.73. The minimum absolute atomic E-state index is 0.328. The molecule has 0 aliphatic carbocycles. The van der Waals surface area contributed by atoms with Gasteiger partial charge in [0.05, 0.1) is 6.61 Å². The predicted molar refractivity (Wildman–Crippen MR) is 49.2 cm³/mol. The van der Waals surface area contributed by atoms with Gasteiger partial charge in [0.1, 0.15) is 0 Å². The molecule has 0 spiro atoms. The predicted octanol–water partition coefficient (Wildman–Crippen LogP) is 2.31. The molecule has 0 atom stereocenters. The molecule has 12 heavy (non-hydrogen) atoms. The van der Waals surface area contributed by atoms with Gasteiger partial charge in [0.15, 0.2) is 0 Å². The summed E-state index contributed by atoms with van der Waals surface area (Å²) in [7, 11) is 1.57. The van der Waals surface area contributed by atoms with E-state index in [1.165, 1.54) is 19.3 Å². The lowest BCUT2D eigenvalue weighted by Gasteiger charge is -2.02. The Labute approximate surface area is 74.5 Å². The Hall–Kier alpha value is -0.730. The minimum atomic E-state index is -0.328. The lowest BCUT2D eigenvalue weighted by atomic mass is 10.2. The first-order valence-electron chi connectivity index (χ1n) is 4.65. The molecule has 0 aliphatic rings. The Kier molecular flexibility index (Phi) is 7.86. The third-order valence-corrected chi connectivity index (χ3v) is 1.69. The van der Waals surface area contributed by atoms with Crippen molar-refractivity contribution in [1.82, 2.24) is 5.32 Å². The molecule has 0 rings (SSSR count). The van der Waals surface area contributed by atoms with Crippen LogP contribution < -0.4 is 5.32 Å². The van der Waals surface area contributed by atoms with Gasteiger partial charge >= 0.3 is 6.09 Å². The third-order valence-electron chi connectivity index (χ3n) is 1.69. The van der Waals surface area contributed by atoms with Gasteiger partial charge in [-0.3, -0.25) is 0 Å². The normalized spacial score (nSPS) is 9.50. The van der Waals surface area contributed by atoms with E-state index in [1.54, 1.807) is 7.05 Å². The standard InChI is InChI=1S/C9H19NO2/c1-3-4-5-6-7-8-12-9(11)10-2/h3-8H2,1-2H3,(H,10,11). The van der Waals surface area contributed by atoms with Crippen LogP contribution in [0.2, 0.25) is 0 Å². The second kappa shape index (κ2) is 8.37. The topological polar surface area (TPSA) is 38.3 Å². The lowest BCUT2D eigenvalue weighted by molar-refractivity contribution is 0.146. The van der Waals surface area contributed by atoms with E-state index in [0.29, 0.717) is 6.61 Å². The SMILES string of the molecule is CCCCCCCOC(=O)NC. The van der Waals surface area contributed by atoms with Crippen molar-refractivity contribution in [2.24, 2.45) is 0 Å². The molecule has 1 N–H and O–H groups in total. The highest BCUT2D eigenvalue weighted by Crippen LogP contribution is 2.02. The van der Waals surface area contributed by atoms with Crippen molar-refractivity contribution < 1.29 is 9.53 Å². The van der Waals surface area contributed by atoms with Gasteiger partial charge in [-0.2, -0.15) is 0 Å². The number of carbonyl (C=O) groups is 1. The number of amides is 1. The van der Waals surface area contributed by atoms with E-state index in [0.717, 1.165) is 12.8 Å². The van der Waals surface area contributed by atoms with Crippen LogP contribution in [0.15, 0.2) is 0 Å². The van der Waals surface area contributed by atoms with Gasteiger partial charge in [0, 0.05) is 7.05 Å². The average Bonchev–Trinajstić information content (AvgIpc) is 2.10. The first kappa shape index (κ1) is 11.3. The van der Waals surface area contributed by atoms with Gasteiger partial charge < -0.3 is 10.1 Å². The first-order valence-corrected chi connectivity index (χ1v) is 4.65. The molecule has 0 unspecified atom stereocenters. The molecule has 0 saturated heterocycles. The van der Waals surface area contributed by atoms with Crippen molar-refractivity contribution in [3.8, 4) is 0 Å². The van der Waals surface area contributed by atoms with Crippen LogP contribution in [0.1, 0.15) is 39.0 Å². The number of unbranched alkanes of at least 4 members (excludes halogenated alkanes) is 4. The summed E-state index contributed by atoms with van der Waals surface area (Å²) in [6.07, 6.45) is 5.58. The number of carbonyl (C=O) groups excluding carboxylic acids is 1. The van der Waals surface area contributed by atoms with E-state index in [-0.39, 0.29) is 6.09 Å². The highest BCUT2D eigenvalue weighted by Gasteiger charge is 1.95. The summed E-state index contributed by atoms with van der Waals surface area (Å²) in [5.41, 5.74) is 0. The van der Waals surface area contributed by atoms with Crippen LogP contribution in [0.4, 0.5) is 4.79 Å². The van der Waals surface area contributed by atoms with Crippen LogP contribution in [0.25, 0.3) is 0 Å². The van der Waals surface area contributed by atoms with Crippen LogP contribution in [0.3, 0.4) is 0 Å².